The molecule has 1 heterocycles. The third kappa shape index (κ3) is 1.85. The fourth-order valence-electron chi connectivity index (χ4n) is 2.06. The molecule has 0 saturated heterocycles. The van der Waals surface area contributed by atoms with Gasteiger partial charge in [-0.25, -0.2) is 4.39 Å². The van der Waals surface area contributed by atoms with Gasteiger partial charge >= 0.3 is 0 Å². The normalized spacial score (nSPS) is 16.6. The Labute approximate surface area is 98.3 Å². The first-order chi connectivity index (χ1) is 7.83. The molecule has 1 fully saturated rings. The molecule has 1 nitrogen and oxygen atoms in total. The summed E-state index contributed by atoms with van der Waals surface area (Å²) >= 11 is 1.63. The first kappa shape index (κ1) is 10.2. The molecule has 0 amide bonds. The molecule has 1 saturated carbocycles. The molecule has 1 aromatic carbocycles. The second-order valence-electron chi connectivity index (χ2n) is 4.41. The van der Waals surface area contributed by atoms with Crippen LogP contribution >= 0.6 is 11.3 Å². The molecule has 84 valence electrons. The third-order valence-electron chi connectivity index (χ3n) is 3.30. The lowest BCUT2D eigenvalue weighted by atomic mass is 9.93. The molecular weight excluding hydrogens is 221 g/mol. The van der Waals surface area contributed by atoms with Gasteiger partial charge in [-0.3, -0.25) is 0 Å². The van der Waals surface area contributed by atoms with Crippen LogP contribution < -0.4 is 5.32 Å². The molecule has 0 radical (unpaired) electrons. The minimum absolute atomic E-state index is 0.146. The van der Waals surface area contributed by atoms with Crippen molar-refractivity contribution in [3.63, 3.8) is 0 Å². The summed E-state index contributed by atoms with van der Waals surface area (Å²) in [6, 6.07) is 5.75. The molecule has 3 rings (SSSR count). The number of thiophene rings is 1. The number of rotatable bonds is 3. The van der Waals surface area contributed by atoms with E-state index in [2.05, 4.69) is 10.7 Å². The van der Waals surface area contributed by atoms with E-state index >= 15 is 0 Å². The van der Waals surface area contributed by atoms with Crippen molar-refractivity contribution in [3.05, 3.63) is 35.0 Å². The van der Waals surface area contributed by atoms with Crippen molar-refractivity contribution in [2.24, 2.45) is 0 Å². The Morgan fingerprint density at radius 2 is 2.25 bits per heavy atom. The third-order valence-corrected chi connectivity index (χ3v) is 4.30. The second kappa shape index (κ2) is 4.15. The number of halogens is 1. The Hall–Kier alpha value is -0.930. The Balaban J connectivity index is 1.80. The molecule has 1 N–H and O–H groups in total. The Morgan fingerprint density at radius 1 is 1.38 bits per heavy atom. The van der Waals surface area contributed by atoms with E-state index in [1.807, 2.05) is 6.07 Å². The largest absolute Gasteiger partial charge is 0.310 e. The van der Waals surface area contributed by atoms with Gasteiger partial charge in [0.25, 0.3) is 0 Å². The van der Waals surface area contributed by atoms with Crippen LogP contribution in [0.5, 0.6) is 0 Å². The predicted molar refractivity (Wildman–Crippen MR) is 66.3 cm³/mol. The first-order valence-electron chi connectivity index (χ1n) is 5.72. The van der Waals surface area contributed by atoms with Crippen LogP contribution in [0.1, 0.15) is 24.8 Å². The zero-order chi connectivity index (χ0) is 11.0. The van der Waals surface area contributed by atoms with Crippen molar-refractivity contribution in [1.82, 2.24) is 5.32 Å². The fourth-order valence-corrected chi connectivity index (χ4v) is 3.05. The van der Waals surface area contributed by atoms with Crippen LogP contribution in [-0.4, -0.2) is 6.04 Å². The van der Waals surface area contributed by atoms with Crippen molar-refractivity contribution < 1.29 is 4.39 Å². The van der Waals surface area contributed by atoms with Gasteiger partial charge in [0, 0.05) is 17.3 Å². The topological polar surface area (TPSA) is 12.0 Å². The average molecular weight is 235 g/mol. The maximum Gasteiger partial charge on any atom is 0.124 e. The summed E-state index contributed by atoms with van der Waals surface area (Å²) in [7, 11) is 0. The molecule has 0 aliphatic heterocycles. The second-order valence-corrected chi connectivity index (χ2v) is 5.32. The van der Waals surface area contributed by atoms with Gasteiger partial charge in [0.1, 0.15) is 5.82 Å². The SMILES string of the molecule is Fc1ccc2c(CNC3CCC3)csc2c1. The van der Waals surface area contributed by atoms with Crippen LogP contribution in [-0.2, 0) is 6.54 Å². The van der Waals surface area contributed by atoms with Crippen LogP contribution in [0, 0.1) is 5.82 Å². The summed E-state index contributed by atoms with van der Waals surface area (Å²) in [6.45, 7) is 0.913. The molecule has 1 aromatic heterocycles. The summed E-state index contributed by atoms with van der Waals surface area (Å²) in [5, 5.41) is 6.87. The zero-order valence-electron chi connectivity index (χ0n) is 9.00. The Kier molecular flexibility index (Phi) is 2.65. The smallest absolute Gasteiger partial charge is 0.124 e. The van der Waals surface area contributed by atoms with E-state index in [9.17, 15) is 4.39 Å². The van der Waals surface area contributed by atoms with Crippen molar-refractivity contribution in [1.29, 1.82) is 0 Å². The van der Waals surface area contributed by atoms with Crippen LogP contribution in [0.4, 0.5) is 4.39 Å². The number of fused-ring (bicyclic) bond motifs is 1. The number of hydrogen-bond donors (Lipinski definition) is 1. The van der Waals surface area contributed by atoms with Gasteiger partial charge in [0.05, 0.1) is 0 Å². The molecular formula is C13H14FNS. The number of hydrogen-bond acceptors (Lipinski definition) is 2. The predicted octanol–water partition coefficient (Wildman–Crippen LogP) is 3.68. The molecule has 1 aliphatic carbocycles. The highest BCUT2D eigenvalue weighted by Gasteiger charge is 2.16. The van der Waals surface area contributed by atoms with Gasteiger partial charge in [-0.2, -0.15) is 0 Å². The van der Waals surface area contributed by atoms with Gasteiger partial charge in [-0.15, -0.1) is 11.3 Å². The highest BCUT2D eigenvalue weighted by atomic mass is 32.1. The van der Waals surface area contributed by atoms with Crippen LogP contribution in [0.15, 0.2) is 23.6 Å². The van der Waals surface area contributed by atoms with Crippen molar-refractivity contribution in [2.75, 3.05) is 0 Å². The lowest BCUT2D eigenvalue weighted by Crippen LogP contribution is -2.34. The standard InChI is InChI=1S/C13H14FNS/c14-10-4-5-12-9(8-16-13(12)6-10)7-15-11-2-1-3-11/h4-6,8,11,15H,1-3,7H2. The van der Waals surface area contributed by atoms with Crippen molar-refractivity contribution in [3.8, 4) is 0 Å². The summed E-state index contributed by atoms with van der Waals surface area (Å²) in [5.41, 5.74) is 1.30. The maximum absolute atomic E-state index is 13.0. The molecule has 3 heteroatoms. The first-order valence-corrected chi connectivity index (χ1v) is 6.60. The van der Waals surface area contributed by atoms with Crippen molar-refractivity contribution >= 4 is 21.4 Å². The number of nitrogens with one attached hydrogen (secondary N) is 1. The van der Waals surface area contributed by atoms with E-state index in [-0.39, 0.29) is 5.82 Å². The van der Waals surface area contributed by atoms with Crippen molar-refractivity contribution in [2.45, 2.75) is 31.8 Å². The summed E-state index contributed by atoms with van der Waals surface area (Å²) in [6.07, 6.45) is 3.96. The lowest BCUT2D eigenvalue weighted by Gasteiger charge is -2.26. The van der Waals surface area contributed by atoms with E-state index in [0.717, 1.165) is 11.2 Å². The van der Waals surface area contributed by atoms with Gasteiger partial charge in [0.15, 0.2) is 0 Å². The monoisotopic (exact) mass is 235 g/mol. The van der Waals surface area contributed by atoms with Gasteiger partial charge in [-0.1, -0.05) is 12.5 Å². The summed E-state index contributed by atoms with van der Waals surface area (Å²) < 4.78 is 14.1. The molecule has 0 unspecified atom stereocenters. The van der Waals surface area contributed by atoms with E-state index in [1.54, 1.807) is 23.5 Å². The quantitative estimate of drug-likeness (QED) is 0.855. The highest BCUT2D eigenvalue weighted by Crippen LogP contribution is 2.27. The van der Waals surface area contributed by atoms with E-state index in [4.69, 9.17) is 0 Å². The average Bonchev–Trinajstić information content (AvgIpc) is 2.58. The van der Waals surface area contributed by atoms with E-state index < -0.39 is 0 Å². The summed E-state index contributed by atoms with van der Waals surface area (Å²) in [5.74, 6) is -0.146. The minimum atomic E-state index is -0.146. The fraction of sp³-hybridized carbons (Fsp3) is 0.385. The van der Waals surface area contributed by atoms with Crippen LogP contribution in [0.3, 0.4) is 0 Å². The molecule has 16 heavy (non-hydrogen) atoms. The molecule has 0 atom stereocenters. The summed E-state index contributed by atoms with van der Waals surface area (Å²) in [4.78, 5) is 0. The molecule has 0 spiro atoms. The van der Waals surface area contributed by atoms with E-state index in [1.165, 1.54) is 30.2 Å². The Bertz CT molecular complexity index is 502. The van der Waals surface area contributed by atoms with Gasteiger partial charge in [-0.05, 0) is 41.3 Å². The van der Waals surface area contributed by atoms with Gasteiger partial charge in [0.2, 0.25) is 0 Å². The Morgan fingerprint density at radius 3 is 3.00 bits per heavy atom. The zero-order valence-corrected chi connectivity index (χ0v) is 9.82. The minimum Gasteiger partial charge on any atom is -0.310 e. The van der Waals surface area contributed by atoms with Crippen LogP contribution in [0.2, 0.25) is 0 Å². The highest BCUT2D eigenvalue weighted by molar-refractivity contribution is 7.17. The lowest BCUT2D eigenvalue weighted by molar-refractivity contribution is 0.339. The van der Waals surface area contributed by atoms with E-state index in [0.29, 0.717) is 6.04 Å². The van der Waals surface area contributed by atoms with Crippen LogP contribution in [0.25, 0.3) is 10.1 Å². The molecule has 2 aromatic rings. The molecule has 0 bridgehead atoms. The maximum atomic E-state index is 13.0. The number of benzene rings is 1. The molecule has 1 aliphatic rings. The van der Waals surface area contributed by atoms with Gasteiger partial charge < -0.3 is 5.32 Å².